The topological polar surface area (TPSA) is 39.1 Å². The third-order valence-electron chi connectivity index (χ3n) is 3.14. The summed E-state index contributed by atoms with van der Waals surface area (Å²) in [5.74, 6) is 1.80. The second-order valence-corrected chi connectivity index (χ2v) is 5.56. The van der Waals surface area contributed by atoms with E-state index >= 15 is 0 Å². The van der Waals surface area contributed by atoms with Crippen LogP contribution >= 0.6 is 0 Å². The van der Waals surface area contributed by atoms with Crippen LogP contribution in [0.15, 0.2) is 6.20 Å². The lowest BCUT2D eigenvalue weighted by atomic mass is 10.1. The van der Waals surface area contributed by atoms with Crippen LogP contribution < -0.4 is 5.32 Å². The number of nitrogens with one attached hydrogen (secondary N) is 1. The van der Waals surface area contributed by atoms with E-state index in [9.17, 15) is 0 Å². The number of anilines is 1. The van der Waals surface area contributed by atoms with Gasteiger partial charge in [-0.2, -0.15) is 0 Å². The Bertz CT molecular complexity index is 347. The number of imidazole rings is 1. The van der Waals surface area contributed by atoms with Crippen LogP contribution in [0.1, 0.15) is 45.2 Å². The minimum absolute atomic E-state index is 0.793. The summed E-state index contributed by atoms with van der Waals surface area (Å²) in [6.07, 6.45) is 6.97. The number of aromatic nitrogens is 2. The zero-order valence-electron chi connectivity index (χ0n) is 12.9. The van der Waals surface area contributed by atoms with Gasteiger partial charge < -0.3 is 14.6 Å². The summed E-state index contributed by atoms with van der Waals surface area (Å²) in [5.41, 5.74) is 1.08. The fourth-order valence-corrected chi connectivity index (χ4v) is 2.11. The van der Waals surface area contributed by atoms with Gasteiger partial charge in [0, 0.05) is 33.0 Å². The summed E-state index contributed by atoms with van der Waals surface area (Å²) in [6.45, 7) is 9.37. The van der Waals surface area contributed by atoms with Gasteiger partial charge in [-0.1, -0.05) is 26.7 Å². The molecule has 0 atom stereocenters. The standard InChI is InChI=1S/C15H29N3O/c1-13(2)8-5-6-10-18-12-14(3)17-15(18)16-9-7-11-19-4/h12-13H,5-11H2,1-4H3,(H,16,17). The smallest absolute Gasteiger partial charge is 0.203 e. The number of ether oxygens (including phenoxy) is 1. The van der Waals surface area contributed by atoms with Gasteiger partial charge in [0.25, 0.3) is 0 Å². The second-order valence-electron chi connectivity index (χ2n) is 5.56. The number of unbranched alkanes of at least 4 members (excludes halogenated alkanes) is 1. The maximum Gasteiger partial charge on any atom is 0.203 e. The van der Waals surface area contributed by atoms with Crippen LogP contribution in [0.4, 0.5) is 5.95 Å². The Balaban J connectivity index is 2.35. The van der Waals surface area contributed by atoms with Crippen molar-refractivity contribution in [3.8, 4) is 0 Å². The van der Waals surface area contributed by atoms with Gasteiger partial charge in [-0.15, -0.1) is 0 Å². The van der Waals surface area contributed by atoms with Gasteiger partial charge in [0.15, 0.2) is 0 Å². The molecular weight excluding hydrogens is 238 g/mol. The largest absolute Gasteiger partial charge is 0.385 e. The fraction of sp³-hybridized carbons (Fsp3) is 0.800. The van der Waals surface area contributed by atoms with Crippen molar-refractivity contribution in [2.45, 2.75) is 53.0 Å². The molecule has 4 nitrogen and oxygen atoms in total. The lowest BCUT2D eigenvalue weighted by Gasteiger charge is -2.10. The molecule has 0 aliphatic carbocycles. The molecule has 0 aliphatic heterocycles. The normalized spacial score (nSPS) is 11.2. The first kappa shape index (κ1) is 16.0. The molecule has 0 unspecified atom stereocenters. The van der Waals surface area contributed by atoms with Crippen LogP contribution in [-0.2, 0) is 11.3 Å². The van der Waals surface area contributed by atoms with Gasteiger partial charge in [-0.25, -0.2) is 4.98 Å². The highest BCUT2D eigenvalue weighted by molar-refractivity contribution is 5.28. The molecule has 0 aliphatic rings. The third kappa shape index (κ3) is 6.62. The summed E-state index contributed by atoms with van der Waals surface area (Å²) in [6, 6.07) is 0. The zero-order chi connectivity index (χ0) is 14.1. The van der Waals surface area contributed by atoms with Gasteiger partial charge in [0.05, 0.1) is 5.69 Å². The molecular formula is C15H29N3O. The fourth-order valence-electron chi connectivity index (χ4n) is 2.11. The molecule has 0 spiro atoms. The Morgan fingerprint density at radius 3 is 2.79 bits per heavy atom. The summed E-state index contributed by atoms with van der Waals surface area (Å²) >= 11 is 0. The predicted octanol–water partition coefficient (Wildman–Crippen LogP) is 3.47. The summed E-state index contributed by atoms with van der Waals surface area (Å²) in [7, 11) is 1.74. The number of aryl methyl sites for hydroxylation is 2. The Kier molecular flexibility index (Phi) is 7.56. The molecule has 1 aromatic rings. The molecule has 0 saturated heterocycles. The summed E-state index contributed by atoms with van der Waals surface area (Å²) in [4.78, 5) is 4.53. The van der Waals surface area contributed by atoms with Gasteiger partial charge >= 0.3 is 0 Å². The maximum atomic E-state index is 5.05. The third-order valence-corrected chi connectivity index (χ3v) is 3.14. The van der Waals surface area contributed by atoms with E-state index < -0.39 is 0 Å². The predicted molar refractivity (Wildman–Crippen MR) is 80.6 cm³/mol. The van der Waals surface area contributed by atoms with Crippen LogP contribution in [0.5, 0.6) is 0 Å². The number of nitrogens with zero attached hydrogens (tertiary/aromatic N) is 2. The van der Waals surface area contributed by atoms with Gasteiger partial charge in [0.1, 0.15) is 0 Å². The zero-order valence-corrected chi connectivity index (χ0v) is 12.9. The lowest BCUT2D eigenvalue weighted by molar-refractivity contribution is 0.197. The molecule has 19 heavy (non-hydrogen) atoms. The van der Waals surface area contributed by atoms with Crippen molar-refractivity contribution in [2.75, 3.05) is 25.6 Å². The van der Waals surface area contributed by atoms with E-state index in [0.29, 0.717) is 0 Å². The number of hydrogen-bond donors (Lipinski definition) is 1. The van der Waals surface area contributed by atoms with Gasteiger partial charge in [0.2, 0.25) is 5.95 Å². The van der Waals surface area contributed by atoms with Crippen molar-refractivity contribution < 1.29 is 4.74 Å². The van der Waals surface area contributed by atoms with E-state index in [-0.39, 0.29) is 0 Å². The molecule has 110 valence electrons. The van der Waals surface area contributed by atoms with Crippen LogP contribution in [0.3, 0.4) is 0 Å². The lowest BCUT2D eigenvalue weighted by Crippen LogP contribution is -2.10. The Morgan fingerprint density at radius 2 is 2.11 bits per heavy atom. The molecule has 1 rings (SSSR count). The van der Waals surface area contributed by atoms with E-state index in [0.717, 1.165) is 43.7 Å². The molecule has 1 heterocycles. The van der Waals surface area contributed by atoms with Crippen molar-refractivity contribution >= 4 is 5.95 Å². The Morgan fingerprint density at radius 1 is 1.32 bits per heavy atom. The first-order chi connectivity index (χ1) is 9.13. The highest BCUT2D eigenvalue weighted by Gasteiger charge is 2.04. The Labute approximate surface area is 117 Å². The Hall–Kier alpha value is -1.03. The first-order valence-corrected chi connectivity index (χ1v) is 7.40. The average molecular weight is 267 g/mol. The van der Waals surface area contributed by atoms with Gasteiger partial charge in [-0.05, 0) is 25.7 Å². The van der Waals surface area contributed by atoms with Crippen LogP contribution in [0, 0.1) is 12.8 Å². The van der Waals surface area contributed by atoms with Crippen molar-refractivity contribution in [2.24, 2.45) is 5.92 Å². The van der Waals surface area contributed by atoms with E-state index in [4.69, 9.17) is 4.74 Å². The van der Waals surface area contributed by atoms with Crippen molar-refractivity contribution in [1.82, 2.24) is 9.55 Å². The molecule has 4 heteroatoms. The average Bonchev–Trinajstić information content (AvgIpc) is 2.71. The van der Waals surface area contributed by atoms with E-state index in [1.165, 1.54) is 19.3 Å². The van der Waals surface area contributed by atoms with Crippen molar-refractivity contribution in [3.63, 3.8) is 0 Å². The first-order valence-electron chi connectivity index (χ1n) is 7.40. The quantitative estimate of drug-likeness (QED) is 0.660. The molecule has 1 N–H and O–H groups in total. The molecule has 0 saturated carbocycles. The van der Waals surface area contributed by atoms with E-state index in [2.05, 4.69) is 34.9 Å². The van der Waals surface area contributed by atoms with Crippen molar-refractivity contribution in [3.05, 3.63) is 11.9 Å². The van der Waals surface area contributed by atoms with Crippen LogP contribution in [0.2, 0.25) is 0 Å². The molecule has 0 fully saturated rings. The second kappa shape index (κ2) is 8.97. The number of rotatable bonds is 10. The molecule has 1 aromatic heterocycles. The summed E-state index contributed by atoms with van der Waals surface area (Å²) in [5, 5.41) is 3.39. The maximum absolute atomic E-state index is 5.05. The van der Waals surface area contributed by atoms with Crippen molar-refractivity contribution in [1.29, 1.82) is 0 Å². The minimum atomic E-state index is 0.793. The van der Waals surface area contributed by atoms with Gasteiger partial charge in [-0.3, -0.25) is 0 Å². The highest BCUT2D eigenvalue weighted by atomic mass is 16.5. The SMILES string of the molecule is COCCCNc1nc(C)cn1CCCCC(C)C. The molecule has 0 bridgehead atoms. The van der Waals surface area contributed by atoms with E-state index in [1.807, 2.05) is 6.92 Å². The highest BCUT2D eigenvalue weighted by Crippen LogP contribution is 2.12. The minimum Gasteiger partial charge on any atom is -0.385 e. The molecule has 0 radical (unpaired) electrons. The summed E-state index contributed by atoms with van der Waals surface area (Å²) < 4.78 is 7.29. The number of hydrogen-bond acceptors (Lipinski definition) is 3. The monoisotopic (exact) mass is 267 g/mol. The molecule has 0 aromatic carbocycles. The molecule has 0 amide bonds. The van der Waals surface area contributed by atoms with Crippen LogP contribution in [0.25, 0.3) is 0 Å². The number of methoxy groups -OCH3 is 1. The van der Waals surface area contributed by atoms with E-state index in [1.54, 1.807) is 7.11 Å². The van der Waals surface area contributed by atoms with Crippen LogP contribution in [-0.4, -0.2) is 29.8 Å².